The van der Waals surface area contributed by atoms with E-state index in [9.17, 15) is 9.59 Å². The summed E-state index contributed by atoms with van der Waals surface area (Å²) in [4.78, 5) is 25.8. The van der Waals surface area contributed by atoms with E-state index in [1.54, 1.807) is 11.0 Å². The molecule has 1 aromatic carbocycles. The molecular weight excluding hydrogens is 252 g/mol. The van der Waals surface area contributed by atoms with Crippen molar-refractivity contribution < 1.29 is 9.59 Å². The van der Waals surface area contributed by atoms with Crippen molar-refractivity contribution in [2.45, 2.75) is 32.7 Å². The molecule has 1 saturated heterocycles. The fourth-order valence-electron chi connectivity index (χ4n) is 2.64. The zero-order chi connectivity index (χ0) is 14.7. The van der Waals surface area contributed by atoms with Gasteiger partial charge >= 0.3 is 0 Å². The smallest absolute Gasteiger partial charge is 0.259 e. The average Bonchev–Trinajstić information content (AvgIpc) is 2.75. The van der Waals surface area contributed by atoms with Crippen LogP contribution in [0.3, 0.4) is 0 Å². The third kappa shape index (κ3) is 2.22. The normalized spacial score (nSPS) is 21.0. The molecule has 4 heteroatoms. The molecule has 0 aromatic heterocycles. The fourth-order valence-corrected chi connectivity index (χ4v) is 2.64. The van der Waals surface area contributed by atoms with Gasteiger partial charge in [0.2, 0.25) is 5.91 Å². The number of piperidine rings is 1. The van der Waals surface area contributed by atoms with Crippen molar-refractivity contribution in [1.29, 1.82) is 0 Å². The maximum atomic E-state index is 12.3. The van der Waals surface area contributed by atoms with E-state index in [4.69, 9.17) is 0 Å². The van der Waals surface area contributed by atoms with E-state index in [-0.39, 0.29) is 11.8 Å². The minimum absolute atomic E-state index is 0.0800. The largest absolute Gasteiger partial charge is 0.354 e. The molecule has 0 bridgehead atoms. The summed E-state index contributed by atoms with van der Waals surface area (Å²) in [6.07, 6.45) is 1.59. The van der Waals surface area contributed by atoms with Crippen LogP contribution in [0, 0.1) is 0 Å². The highest BCUT2D eigenvalue weighted by Gasteiger charge is 2.39. The van der Waals surface area contributed by atoms with Crippen LogP contribution >= 0.6 is 0 Å². The highest BCUT2D eigenvalue weighted by molar-refractivity contribution is 6.11. The molecule has 2 aliphatic rings. The summed E-state index contributed by atoms with van der Waals surface area (Å²) in [5, 5.41) is 2.80. The second-order valence-electron chi connectivity index (χ2n) is 4.62. The summed E-state index contributed by atoms with van der Waals surface area (Å²) in [6.45, 7) is 8.65. The Morgan fingerprint density at radius 1 is 1.20 bits per heavy atom. The molecule has 0 aliphatic carbocycles. The van der Waals surface area contributed by atoms with Gasteiger partial charge in [-0.05, 0) is 18.9 Å². The Morgan fingerprint density at radius 3 is 2.45 bits per heavy atom. The Kier molecular flexibility index (Phi) is 4.23. The van der Waals surface area contributed by atoms with E-state index in [2.05, 4.69) is 11.9 Å². The number of benzene rings is 1. The Hall–Kier alpha value is -2.10. The Morgan fingerprint density at radius 2 is 1.85 bits per heavy atom. The molecule has 1 fully saturated rings. The lowest BCUT2D eigenvalue weighted by Crippen LogP contribution is -2.50. The second-order valence-corrected chi connectivity index (χ2v) is 4.62. The molecule has 4 nitrogen and oxygen atoms in total. The first-order chi connectivity index (χ1) is 9.70. The molecule has 0 spiro atoms. The van der Waals surface area contributed by atoms with Crippen LogP contribution in [-0.2, 0) is 4.79 Å². The molecule has 0 radical (unpaired) electrons. The van der Waals surface area contributed by atoms with Crippen LogP contribution < -0.4 is 5.32 Å². The summed E-state index contributed by atoms with van der Waals surface area (Å²) >= 11 is 0. The standard InChI is InChI=1S/C14H14N2O2.C2H6/c1-9-10-5-2-3-6-11(10)14(18)16(9)12-7-4-8-15-13(12)17;1-2/h2-3,5-6,12H,1,4,7-8H2,(H,15,17);1-2H3. The van der Waals surface area contributed by atoms with Crippen molar-refractivity contribution in [3.63, 3.8) is 0 Å². The molecule has 3 rings (SSSR count). The lowest BCUT2D eigenvalue weighted by atomic mass is 10.0. The minimum Gasteiger partial charge on any atom is -0.354 e. The predicted octanol–water partition coefficient (Wildman–Crippen LogP) is 2.42. The third-order valence-corrected chi connectivity index (χ3v) is 3.55. The molecule has 2 aliphatic heterocycles. The summed E-state index contributed by atoms with van der Waals surface area (Å²) < 4.78 is 0. The second kappa shape index (κ2) is 5.90. The Labute approximate surface area is 119 Å². The number of carbonyl (C=O) groups is 2. The monoisotopic (exact) mass is 272 g/mol. The predicted molar refractivity (Wildman–Crippen MR) is 79.0 cm³/mol. The lowest BCUT2D eigenvalue weighted by molar-refractivity contribution is -0.126. The van der Waals surface area contributed by atoms with E-state index in [0.717, 1.165) is 12.0 Å². The Bertz CT molecular complexity index is 516. The van der Waals surface area contributed by atoms with Crippen LogP contribution in [-0.4, -0.2) is 29.3 Å². The number of carbonyl (C=O) groups excluding carboxylic acids is 2. The van der Waals surface area contributed by atoms with Crippen LogP contribution in [0.1, 0.15) is 42.6 Å². The van der Waals surface area contributed by atoms with Gasteiger partial charge in [-0.2, -0.15) is 0 Å². The van der Waals surface area contributed by atoms with Gasteiger partial charge in [0.15, 0.2) is 0 Å². The first kappa shape index (κ1) is 14.3. The molecule has 20 heavy (non-hydrogen) atoms. The van der Waals surface area contributed by atoms with Crippen molar-refractivity contribution in [3.8, 4) is 0 Å². The SMILES string of the molecule is C=C1c2ccccc2C(=O)N1C1CCCNC1=O.CC. The van der Waals surface area contributed by atoms with Gasteiger partial charge in [-0.3, -0.25) is 14.5 Å². The average molecular weight is 272 g/mol. The number of amides is 2. The van der Waals surface area contributed by atoms with E-state index >= 15 is 0 Å². The summed E-state index contributed by atoms with van der Waals surface area (Å²) in [5.74, 6) is -0.193. The van der Waals surface area contributed by atoms with E-state index in [0.29, 0.717) is 24.2 Å². The van der Waals surface area contributed by atoms with Gasteiger partial charge < -0.3 is 5.32 Å². The van der Waals surface area contributed by atoms with Crippen LogP contribution in [0.5, 0.6) is 0 Å². The van der Waals surface area contributed by atoms with E-state index in [1.807, 2.05) is 32.0 Å². The van der Waals surface area contributed by atoms with Crippen LogP contribution in [0.25, 0.3) is 5.70 Å². The zero-order valence-electron chi connectivity index (χ0n) is 12.0. The molecule has 1 atom stereocenters. The Balaban J connectivity index is 0.000000704. The number of rotatable bonds is 1. The summed E-state index contributed by atoms with van der Waals surface area (Å²) in [7, 11) is 0. The van der Waals surface area contributed by atoms with Crippen molar-refractivity contribution >= 4 is 17.5 Å². The molecule has 2 heterocycles. The number of fused-ring (bicyclic) bond motifs is 1. The van der Waals surface area contributed by atoms with Gasteiger partial charge in [-0.25, -0.2) is 0 Å². The number of nitrogens with one attached hydrogen (secondary N) is 1. The van der Waals surface area contributed by atoms with Crippen LogP contribution in [0.2, 0.25) is 0 Å². The van der Waals surface area contributed by atoms with Gasteiger partial charge in [0.25, 0.3) is 5.91 Å². The quantitative estimate of drug-likeness (QED) is 0.853. The van der Waals surface area contributed by atoms with Gasteiger partial charge in [0, 0.05) is 23.4 Å². The summed E-state index contributed by atoms with van der Waals surface area (Å²) in [6, 6.07) is 6.95. The highest BCUT2D eigenvalue weighted by Crippen LogP contribution is 2.34. The summed E-state index contributed by atoms with van der Waals surface area (Å²) in [5.41, 5.74) is 2.11. The fraction of sp³-hybridized carbons (Fsp3) is 0.375. The molecule has 2 amide bonds. The topological polar surface area (TPSA) is 49.4 Å². The van der Waals surface area contributed by atoms with Crippen molar-refractivity contribution in [2.24, 2.45) is 0 Å². The van der Waals surface area contributed by atoms with Crippen molar-refractivity contribution in [2.75, 3.05) is 6.54 Å². The van der Waals surface area contributed by atoms with Crippen molar-refractivity contribution in [3.05, 3.63) is 42.0 Å². The maximum Gasteiger partial charge on any atom is 0.259 e. The van der Waals surface area contributed by atoms with Crippen molar-refractivity contribution in [1.82, 2.24) is 10.2 Å². The third-order valence-electron chi connectivity index (χ3n) is 3.55. The number of hydrogen-bond donors (Lipinski definition) is 1. The zero-order valence-corrected chi connectivity index (χ0v) is 12.0. The molecule has 1 unspecified atom stereocenters. The molecule has 0 saturated carbocycles. The number of hydrogen-bond acceptors (Lipinski definition) is 2. The highest BCUT2D eigenvalue weighted by atomic mass is 16.2. The van der Waals surface area contributed by atoms with Gasteiger partial charge in [-0.1, -0.05) is 38.6 Å². The molecular formula is C16H20N2O2. The van der Waals surface area contributed by atoms with E-state index in [1.165, 1.54) is 0 Å². The lowest BCUT2D eigenvalue weighted by Gasteiger charge is -2.30. The van der Waals surface area contributed by atoms with Gasteiger partial charge in [-0.15, -0.1) is 0 Å². The first-order valence-corrected chi connectivity index (χ1v) is 7.10. The molecule has 1 N–H and O–H groups in total. The van der Waals surface area contributed by atoms with Crippen LogP contribution in [0.4, 0.5) is 0 Å². The van der Waals surface area contributed by atoms with Gasteiger partial charge in [0.05, 0.1) is 0 Å². The van der Waals surface area contributed by atoms with Gasteiger partial charge in [0.1, 0.15) is 6.04 Å². The minimum atomic E-state index is -0.411. The molecule has 1 aromatic rings. The molecule has 106 valence electrons. The van der Waals surface area contributed by atoms with Crippen LogP contribution in [0.15, 0.2) is 30.8 Å². The first-order valence-electron chi connectivity index (χ1n) is 7.10. The number of nitrogens with zero attached hydrogens (tertiary/aromatic N) is 1. The van der Waals surface area contributed by atoms with E-state index < -0.39 is 6.04 Å². The maximum absolute atomic E-state index is 12.3.